The second-order valence-electron chi connectivity index (χ2n) is 5.82. The van der Waals surface area contributed by atoms with Crippen molar-refractivity contribution in [2.45, 2.75) is 6.92 Å². The zero-order chi connectivity index (χ0) is 18.6. The fraction of sp³-hybridized carbons (Fsp3) is 0.0952. The Labute approximate surface area is 155 Å². The third kappa shape index (κ3) is 3.50. The molecule has 0 saturated carbocycles. The molecule has 0 aliphatic carbocycles. The molecule has 0 aliphatic rings. The van der Waals surface area contributed by atoms with Gasteiger partial charge in [-0.05, 0) is 43.3 Å². The van der Waals surface area contributed by atoms with E-state index in [0.717, 1.165) is 16.6 Å². The third-order valence-electron chi connectivity index (χ3n) is 4.05. The van der Waals surface area contributed by atoms with Gasteiger partial charge in [0.15, 0.2) is 0 Å². The molecule has 27 heavy (non-hydrogen) atoms. The van der Waals surface area contributed by atoms with Crippen LogP contribution in [-0.2, 0) is 4.74 Å². The van der Waals surface area contributed by atoms with Gasteiger partial charge in [-0.3, -0.25) is 0 Å². The van der Waals surface area contributed by atoms with E-state index in [1.54, 1.807) is 36.3 Å². The molecule has 134 valence electrons. The lowest BCUT2D eigenvalue weighted by atomic mass is 10.1. The lowest BCUT2D eigenvalue weighted by molar-refractivity contribution is 0.0526. The van der Waals surface area contributed by atoms with E-state index in [1.165, 1.54) is 0 Å². The molecule has 6 heteroatoms. The number of furan rings is 1. The number of hydrogen-bond acceptors (Lipinski definition) is 5. The Kier molecular flexibility index (Phi) is 4.53. The minimum absolute atomic E-state index is 0.330. The van der Waals surface area contributed by atoms with Gasteiger partial charge in [-0.1, -0.05) is 24.3 Å². The molecule has 0 bridgehead atoms. The highest BCUT2D eigenvalue weighted by molar-refractivity contribution is 5.90. The molecule has 0 N–H and O–H groups in total. The quantitative estimate of drug-likeness (QED) is 0.392. The first kappa shape index (κ1) is 16.8. The van der Waals surface area contributed by atoms with Crippen molar-refractivity contribution in [1.82, 2.24) is 9.66 Å². The molecular formula is C21H17N3O3. The molecule has 4 aromatic rings. The van der Waals surface area contributed by atoms with E-state index in [4.69, 9.17) is 9.15 Å². The highest BCUT2D eigenvalue weighted by Gasteiger charge is 2.08. The second kappa shape index (κ2) is 7.29. The average molecular weight is 359 g/mol. The Bertz CT molecular complexity index is 1110. The molecule has 2 aromatic carbocycles. The lowest BCUT2D eigenvalue weighted by Crippen LogP contribution is -2.03. The van der Waals surface area contributed by atoms with Crippen LogP contribution in [0.4, 0.5) is 0 Å². The summed E-state index contributed by atoms with van der Waals surface area (Å²) in [5.74, 6) is 0.989. The number of rotatable bonds is 5. The first-order chi connectivity index (χ1) is 13.2. The molecular weight excluding hydrogens is 342 g/mol. The Morgan fingerprint density at radius 3 is 2.78 bits per heavy atom. The van der Waals surface area contributed by atoms with Gasteiger partial charge in [0.1, 0.15) is 17.8 Å². The van der Waals surface area contributed by atoms with Gasteiger partial charge in [-0.25, -0.2) is 14.5 Å². The molecule has 0 spiro atoms. The fourth-order valence-electron chi connectivity index (χ4n) is 2.72. The number of imidazole rings is 1. The maximum atomic E-state index is 11.7. The van der Waals surface area contributed by atoms with Gasteiger partial charge in [-0.2, -0.15) is 5.10 Å². The summed E-state index contributed by atoms with van der Waals surface area (Å²) in [4.78, 5) is 16.0. The number of nitrogens with zero attached hydrogens (tertiary/aromatic N) is 3. The summed E-state index contributed by atoms with van der Waals surface area (Å²) in [6.45, 7) is 2.14. The van der Waals surface area contributed by atoms with E-state index in [9.17, 15) is 4.79 Å². The average Bonchev–Trinajstić information content (AvgIpc) is 3.34. The highest BCUT2D eigenvalue weighted by Crippen LogP contribution is 2.22. The van der Waals surface area contributed by atoms with Crippen molar-refractivity contribution in [3.8, 4) is 11.3 Å². The van der Waals surface area contributed by atoms with Crippen LogP contribution < -0.4 is 0 Å². The van der Waals surface area contributed by atoms with E-state index in [-0.39, 0.29) is 5.97 Å². The van der Waals surface area contributed by atoms with E-state index in [2.05, 4.69) is 10.1 Å². The largest absolute Gasteiger partial charge is 0.462 e. The van der Waals surface area contributed by atoms with E-state index in [1.807, 2.05) is 48.5 Å². The van der Waals surface area contributed by atoms with Gasteiger partial charge in [0, 0.05) is 5.56 Å². The molecule has 4 rings (SSSR count). The molecule has 2 aromatic heterocycles. The summed E-state index contributed by atoms with van der Waals surface area (Å²) in [5, 5.41) is 4.40. The van der Waals surface area contributed by atoms with Crippen molar-refractivity contribution < 1.29 is 13.9 Å². The van der Waals surface area contributed by atoms with Gasteiger partial charge >= 0.3 is 5.97 Å². The van der Waals surface area contributed by atoms with Crippen molar-refractivity contribution in [3.63, 3.8) is 0 Å². The summed E-state index contributed by atoms with van der Waals surface area (Å²) in [7, 11) is 0. The highest BCUT2D eigenvalue weighted by atomic mass is 16.5. The molecule has 2 heterocycles. The zero-order valence-electron chi connectivity index (χ0n) is 14.7. The summed E-state index contributed by atoms with van der Waals surface area (Å²) < 4.78 is 12.5. The normalized spacial score (nSPS) is 11.3. The molecule has 0 atom stereocenters. The molecule has 0 radical (unpaired) electrons. The predicted molar refractivity (Wildman–Crippen MR) is 103 cm³/mol. The van der Waals surface area contributed by atoms with Crippen LogP contribution in [0.15, 0.2) is 76.5 Å². The van der Waals surface area contributed by atoms with Crippen LogP contribution in [0.1, 0.15) is 23.0 Å². The SMILES string of the molecule is CCOC(=O)c1ccc(-c2ccc(/C=N\n3cnc4ccccc43)o2)cc1. The number of ether oxygens (including phenoxy) is 1. The van der Waals surface area contributed by atoms with Gasteiger partial charge in [0.2, 0.25) is 0 Å². The summed E-state index contributed by atoms with van der Waals surface area (Å²) in [5.41, 5.74) is 3.20. The van der Waals surface area contributed by atoms with Crippen LogP contribution in [0, 0.1) is 0 Å². The van der Waals surface area contributed by atoms with Crippen LogP contribution >= 0.6 is 0 Å². The number of aromatic nitrogens is 2. The Morgan fingerprint density at radius 1 is 1.15 bits per heavy atom. The van der Waals surface area contributed by atoms with Crippen molar-refractivity contribution >= 4 is 23.2 Å². The zero-order valence-corrected chi connectivity index (χ0v) is 14.7. The van der Waals surface area contributed by atoms with E-state index >= 15 is 0 Å². The molecule has 6 nitrogen and oxygen atoms in total. The monoisotopic (exact) mass is 359 g/mol. The maximum Gasteiger partial charge on any atom is 0.338 e. The van der Waals surface area contributed by atoms with Crippen molar-refractivity contribution in [2.24, 2.45) is 5.10 Å². The van der Waals surface area contributed by atoms with Crippen molar-refractivity contribution in [2.75, 3.05) is 6.61 Å². The molecule has 0 aliphatic heterocycles. The first-order valence-electron chi connectivity index (χ1n) is 8.58. The number of fused-ring (bicyclic) bond motifs is 1. The smallest absolute Gasteiger partial charge is 0.338 e. The number of hydrogen-bond donors (Lipinski definition) is 0. The number of para-hydroxylation sites is 2. The minimum atomic E-state index is -0.330. The Balaban J connectivity index is 1.52. The molecule has 0 fully saturated rings. The standard InChI is InChI=1S/C21H17N3O3/c1-2-26-21(25)16-9-7-15(8-10-16)20-12-11-17(27-20)13-23-24-14-22-18-5-3-4-6-19(18)24/h3-14H,2H2,1H3/b23-13-. The predicted octanol–water partition coefficient (Wildman–Crippen LogP) is 4.36. The number of carbonyl (C=O) groups is 1. The Morgan fingerprint density at radius 2 is 1.96 bits per heavy atom. The van der Waals surface area contributed by atoms with Gasteiger partial charge < -0.3 is 9.15 Å². The van der Waals surface area contributed by atoms with E-state index in [0.29, 0.717) is 23.7 Å². The molecule has 0 saturated heterocycles. The van der Waals surface area contributed by atoms with Crippen LogP contribution in [0.5, 0.6) is 0 Å². The third-order valence-corrected chi connectivity index (χ3v) is 4.05. The summed E-state index contributed by atoms with van der Waals surface area (Å²) >= 11 is 0. The van der Waals surface area contributed by atoms with Gasteiger partial charge in [0.05, 0.1) is 29.4 Å². The first-order valence-corrected chi connectivity index (χ1v) is 8.58. The summed E-state index contributed by atoms with van der Waals surface area (Å²) in [6, 6.07) is 18.6. The fourth-order valence-corrected chi connectivity index (χ4v) is 2.72. The second-order valence-corrected chi connectivity index (χ2v) is 5.82. The van der Waals surface area contributed by atoms with Gasteiger partial charge in [-0.15, -0.1) is 0 Å². The van der Waals surface area contributed by atoms with Crippen LogP contribution in [0.3, 0.4) is 0 Å². The van der Waals surface area contributed by atoms with Crippen LogP contribution in [0.2, 0.25) is 0 Å². The maximum absolute atomic E-state index is 11.7. The molecule has 0 amide bonds. The van der Waals surface area contributed by atoms with Crippen molar-refractivity contribution in [3.05, 3.63) is 78.3 Å². The van der Waals surface area contributed by atoms with Crippen LogP contribution in [-0.4, -0.2) is 28.5 Å². The summed E-state index contributed by atoms with van der Waals surface area (Å²) in [6.07, 6.45) is 3.31. The number of carbonyl (C=O) groups excluding carboxylic acids is 1. The topological polar surface area (TPSA) is 69.6 Å². The van der Waals surface area contributed by atoms with Crippen molar-refractivity contribution in [1.29, 1.82) is 0 Å². The number of benzene rings is 2. The Hall–Kier alpha value is -3.67. The molecule has 0 unspecified atom stereocenters. The minimum Gasteiger partial charge on any atom is -0.462 e. The van der Waals surface area contributed by atoms with Gasteiger partial charge in [0.25, 0.3) is 0 Å². The lowest BCUT2D eigenvalue weighted by Gasteiger charge is -2.02. The van der Waals surface area contributed by atoms with E-state index < -0.39 is 0 Å². The number of esters is 1. The van der Waals surface area contributed by atoms with Crippen LogP contribution in [0.25, 0.3) is 22.4 Å².